The predicted molar refractivity (Wildman–Crippen MR) is 164 cm³/mol. The zero-order valence-electron chi connectivity index (χ0n) is 25.3. The Kier molecular flexibility index (Phi) is 8.63. The van der Waals surface area contributed by atoms with Crippen molar-refractivity contribution in [3.05, 3.63) is 87.4 Å². The van der Waals surface area contributed by atoms with Gasteiger partial charge in [-0.3, -0.25) is 4.90 Å². The van der Waals surface area contributed by atoms with Gasteiger partial charge in [0.1, 0.15) is 17.9 Å². The molecule has 9 heteroatoms. The van der Waals surface area contributed by atoms with Crippen LogP contribution in [0.5, 0.6) is 5.88 Å². The zero-order valence-corrected chi connectivity index (χ0v) is 25.3. The summed E-state index contributed by atoms with van der Waals surface area (Å²) in [5.41, 5.74) is 8.35. The molecular formula is C34H40N4O5. The minimum Gasteiger partial charge on any atom is -0.488 e. The van der Waals surface area contributed by atoms with Crippen molar-refractivity contribution in [2.75, 3.05) is 33.4 Å². The van der Waals surface area contributed by atoms with Gasteiger partial charge in [0.05, 0.1) is 19.0 Å². The lowest BCUT2D eigenvalue weighted by molar-refractivity contribution is 0.0355. The van der Waals surface area contributed by atoms with Gasteiger partial charge in [-0.25, -0.2) is 9.78 Å². The molecule has 1 saturated heterocycles. The maximum Gasteiger partial charge on any atom is 0.342 e. The summed E-state index contributed by atoms with van der Waals surface area (Å²) in [5.74, 6) is 0.358. The summed E-state index contributed by atoms with van der Waals surface area (Å²) < 4.78 is 19.0. The first-order valence-corrected chi connectivity index (χ1v) is 15.2. The maximum absolute atomic E-state index is 11.6. The second-order valence-electron chi connectivity index (χ2n) is 11.6. The molecule has 0 spiro atoms. The van der Waals surface area contributed by atoms with E-state index in [1.54, 1.807) is 6.07 Å². The van der Waals surface area contributed by atoms with Crippen LogP contribution in [0.15, 0.2) is 53.9 Å². The van der Waals surface area contributed by atoms with Crippen LogP contribution in [0, 0.1) is 6.92 Å². The number of benzene rings is 1. The summed E-state index contributed by atoms with van der Waals surface area (Å²) >= 11 is 0. The quantitative estimate of drug-likeness (QED) is 0.369. The molecular weight excluding hydrogens is 544 g/mol. The third-order valence-electron chi connectivity index (χ3n) is 9.08. The molecule has 1 N–H and O–H groups in total. The molecule has 226 valence electrons. The first-order valence-electron chi connectivity index (χ1n) is 15.2. The van der Waals surface area contributed by atoms with E-state index in [9.17, 15) is 9.90 Å². The van der Waals surface area contributed by atoms with E-state index in [-0.39, 0.29) is 11.4 Å². The van der Waals surface area contributed by atoms with Crippen LogP contribution in [0.25, 0.3) is 11.4 Å². The molecule has 1 aromatic carbocycles. The predicted octanol–water partition coefficient (Wildman–Crippen LogP) is 5.53. The standard InChI is InChI=1S/C34H40N4O5/c1-22-6-4-7-28(30-8-5-9-31(36-30)38-33(41-3)29(20-35-38)34(39)40)32(22)43-21-25-11-10-24-12-16-37(17-13-27(24)23(25)2)26-14-18-42-19-15-26/h5,7-11,20,26H,4,6,12-19,21H2,1-3H3,(H,39,40). The van der Waals surface area contributed by atoms with Gasteiger partial charge in [-0.2, -0.15) is 9.78 Å². The van der Waals surface area contributed by atoms with Crippen molar-refractivity contribution >= 4 is 11.5 Å². The number of carbonyl (C=O) groups is 1. The van der Waals surface area contributed by atoms with E-state index in [4.69, 9.17) is 19.2 Å². The summed E-state index contributed by atoms with van der Waals surface area (Å²) in [6, 6.07) is 10.8. The molecule has 6 rings (SSSR count). The van der Waals surface area contributed by atoms with Gasteiger partial charge < -0.3 is 19.3 Å². The summed E-state index contributed by atoms with van der Waals surface area (Å²) in [6.45, 7) is 8.82. The van der Waals surface area contributed by atoms with Crippen LogP contribution in [-0.2, 0) is 28.9 Å². The van der Waals surface area contributed by atoms with Gasteiger partial charge in [-0.15, -0.1) is 0 Å². The second kappa shape index (κ2) is 12.7. The largest absolute Gasteiger partial charge is 0.488 e. The summed E-state index contributed by atoms with van der Waals surface area (Å²) in [4.78, 5) is 19.1. The molecule has 9 nitrogen and oxygen atoms in total. The summed E-state index contributed by atoms with van der Waals surface area (Å²) in [7, 11) is 1.43. The monoisotopic (exact) mass is 584 g/mol. The second-order valence-corrected chi connectivity index (χ2v) is 11.6. The van der Waals surface area contributed by atoms with E-state index in [0.717, 1.165) is 81.9 Å². The summed E-state index contributed by atoms with van der Waals surface area (Å²) in [6.07, 6.45) is 9.70. The van der Waals surface area contributed by atoms with Crippen molar-refractivity contribution < 1.29 is 24.1 Å². The van der Waals surface area contributed by atoms with Crippen molar-refractivity contribution in [3.63, 3.8) is 0 Å². The molecule has 0 bridgehead atoms. The Morgan fingerprint density at radius 2 is 1.91 bits per heavy atom. The molecule has 0 radical (unpaired) electrons. The van der Waals surface area contributed by atoms with Crippen molar-refractivity contribution in [2.24, 2.45) is 0 Å². The zero-order chi connectivity index (χ0) is 29.9. The number of allylic oxidation sites excluding steroid dienone is 3. The number of rotatable bonds is 8. The molecule has 3 aromatic rings. The first-order chi connectivity index (χ1) is 20.9. The number of hydrogen-bond acceptors (Lipinski definition) is 7. The first kappa shape index (κ1) is 29.1. The molecule has 1 fully saturated rings. The van der Waals surface area contributed by atoms with Crippen LogP contribution < -0.4 is 4.74 Å². The van der Waals surface area contributed by atoms with Gasteiger partial charge in [0.25, 0.3) is 0 Å². The lowest BCUT2D eigenvalue weighted by Crippen LogP contribution is -2.40. The molecule has 0 unspecified atom stereocenters. The molecule has 2 aromatic heterocycles. The van der Waals surface area contributed by atoms with Gasteiger partial charge in [-0.05, 0) is 92.3 Å². The van der Waals surface area contributed by atoms with Crippen molar-refractivity contribution in [1.29, 1.82) is 0 Å². The van der Waals surface area contributed by atoms with Crippen LogP contribution in [0.3, 0.4) is 0 Å². The fraction of sp³-hybridized carbons (Fsp3) is 0.441. The topological polar surface area (TPSA) is 98.9 Å². The smallest absolute Gasteiger partial charge is 0.342 e. The Balaban J connectivity index is 1.20. The Morgan fingerprint density at radius 1 is 1.09 bits per heavy atom. The molecule has 2 aliphatic heterocycles. The van der Waals surface area contributed by atoms with Crippen LogP contribution in [-0.4, -0.2) is 70.2 Å². The normalized spacial score (nSPS) is 18.2. The summed E-state index contributed by atoms with van der Waals surface area (Å²) in [5, 5.41) is 13.7. The Labute approximate surface area is 252 Å². The van der Waals surface area contributed by atoms with E-state index in [2.05, 4.69) is 42.1 Å². The molecule has 0 atom stereocenters. The molecule has 0 saturated carbocycles. The van der Waals surface area contributed by atoms with Gasteiger partial charge in [-0.1, -0.05) is 24.3 Å². The Bertz CT molecular complexity index is 1570. The molecule has 1 aliphatic carbocycles. The third kappa shape index (κ3) is 5.96. The highest BCUT2D eigenvalue weighted by atomic mass is 16.5. The van der Waals surface area contributed by atoms with Crippen molar-refractivity contribution in [2.45, 2.75) is 65.0 Å². The van der Waals surface area contributed by atoms with E-state index < -0.39 is 5.97 Å². The van der Waals surface area contributed by atoms with E-state index >= 15 is 0 Å². The minimum atomic E-state index is -1.10. The fourth-order valence-corrected chi connectivity index (χ4v) is 6.62. The Hall–Kier alpha value is -3.95. The van der Waals surface area contributed by atoms with Crippen LogP contribution >= 0.6 is 0 Å². The van der Waals surface area contributed by atoms with E-state index in [1.165, 1.54) is 45.8 Å². The van der Waals surface area contributed by atoms with Crippen LogP contribution in [0.2, 0.25) is 0 Å². The highest BCUT2D eigenvalue weighted by Gasteiger charge is 2.26. The molecule has 4 heterocycles. The average molecular weight is 585 g/mol. The lowest BCUT2D eigenvalue weighted by atomic mass is 9.93. The van der Waals surface area contributed by atoms with Crippen molar-refractivity contribution in [1.82, 2.24) is 19.7 Å². The highest BCUT2D eigenvalue weighted by molar-refractivity contribution is 5.90. The van der Waals surface area contributed by atoms with E-state index in [0.29, 0.717) is 18.5 Å². The number of ether oxygens (including phenoxy) is 3. The lowest BCUT2D eigenvalue weighted by Gasteiger charge is -2.33. The SMILES string of the molecule is COc1c(C(=O)O)cnn1-c1cccc(C2=CCCC(C)=C2OCc2ccc3c(c2C)CCN(C2CCOCC2)CC3)n1. The Morgan fingerprint density at radius 3 is 2.70 bits per heavy atom. The average Bonchev–Trinajstić information content (AvgIpc) is 3.35. The minimum absolute atomic E-state index is 0.0150. The number of fused-ring (bicyclic) bond motifs is 1. The number of methoxy groups -OCH3 is 1. The number of carboxylic acid groups (broad SMARTS) is 1. The van der Waals surface area contributed by atoms with Gasteiger partial charge in [0.15, 0.2) is 5.82 Å². The van der Waals surface area contributed by atoms with E-state index in [1.807, 2.05) is 12.1 Å². The number of aromatic nitrogens is 3. The van der Waals surface area contributed by atoms with Crippen LogP contribution in [0.1, 0.15) is 70.9 Å². The fourth-order valence-electron chi connectivity index (χ4n) is 6.62. The van der Waals surface area contributed by atoms with Gasteiger partial charge in [0.2, 0.25) is 5.88 Å². The molecule has 43 heavy (non-hydrogen) atoms. The van der Waals surface area contributed by atoms with Crippen molar-refractivity contribution in [3.8, 4) is 11.7 Å². The third-order valence-corrected chi connectivity index (χ3v) is 9.08. The number of hydrogen-bond donors (Lipinski definition) is 1. The molecule has 0 amide bonds. The van der Waals surface area contributed by atoms with Crippen LogP contribution in [0.4, 0.5) is 0 Å². The molecule has 3 aliphatic rings. The highest BCUT2D eigenvalue weighted by Crippen LogP contribution is 2.35. The number of pyridine rings is 1. The van der Waals surface area contributed by atoms with Gasteiger partial charge in [0, 0.05) is 37.9 Å². The number of aromatic carboxylic acids is 1. The van der Waals surface area contributed by atoms with Gasteiger partial charge >= 0.3 is 5.97 Å². The maximum atomic E-state index is 11.6. The number of carboxylic acids is 1. The number of nitrogens with zero attached hydrogens (tertiary/aromatic N) is 4.